The molecule has 4 aromatic heterocycles. The van der Waals surface area contributed by atoms with Gasteiger partial charge in [0.05, 0.1) is 46.9 Å². The Labute approximate surface area is 452 Å². The van der Waals surface area contributed by atoms with Gasteiger partial charge >= 0.3 is 0 Å². The van der Waals surface area contributed by atoms with Crippen molar-refractivity contribution in [3.8, 4) is 23.0 Å². The van der Waals surface area contributed by atoms with Gasteiger partial charge < -0.3 is 47.5 Å². The topological polar surface area (TPSA) is 189 Å². The Morgan fingerprint density at radius 1 is 0.481 bits per heavy atom. The number of ether oxygens (including phenoxy) is 6. The molecule has 396 valence electrons. The van der Waals surface area contributed by atoms with Crippen molar-refractivity contribution in [1.82, 2.24) is 39.0 Å². The fourth-order valence-electron chi connectivity index (χ4n) is 8.29. The number of H-pyrrole nitrogens is 2. The van der Waals surface area contributed by atoms with E-state index < -0.39 is 11.2 Å². The predicted molar refractivity (Wildman–Crippen MR) is 297 cm³/mol. The molecule has 0 amide bonds. The highest BCUT2D eigenvalue weighted by Crippen LogP contribution is 2.32. The molecule has 0 saturated heterocycles. The quantitative estimate of drug-likeness (QED) is 0.0659. The standard InChI is InChI=1S/C30H31N5O3.C30H30N4O4.ClH/c1-30(2,38-19-22-12-8-5-9-13-22)29-33-26-27(31)32-20-35(28(26)34-29)17-23-14-15-24(36-3)25(16-23)37-18-21-10-6-4-7-11-21;1-30(2,38-19-22-12-8-5-9-13-22)29-32-26-27(33-29)34(20-31-28(26)35)17-23-14-15-24(36-3)25(16-23)37-18-21-10-6-4-7-11-21;/h4-16,20,31H,17-19H2,1-3H3,(H,33,34);4-16,20H,17-19H2,1-3H3,(H,32,33);1H. The number of halogens is 1. The number of hydrogen-bond donors (Lipinski definition) is 3. The molecule has 10 rings (SSSR count). The molecule has 16 nitrogen and oxygen atoms in total. The summed E-state index contributed by atoms with van der Waals surface area (Å²) in [5, 5.41) is 8.35. The van der Waals surface area contributed by atoms with Crippen LogP contribution in [0.25, 0.3) is 22.3 Å². The van der Waals surface area contributed by atoms with Gasteiger partial charge in [0.25, 0.3) is 5.56 Å². The highest BCUT2D eigenvalue weighted by molar-refractivity contribution is 5.85. The molecule has 0 fully saturated rings. The van der Waals surface area contributed by atoms with Crippen molar-refractivity contribution in [2.75, 3.05) is 14.2 Å². The van der Waals surface area contributed by atoms with E-state index in [0.717, 1.165) is 33.4 Å². The zero-order valence-corrected chi connectivity index (χ0v) is 44.7. The van der Waals surface area contributed by atoms with E-state index in [1.54, 1.807) is 20.5 Å². The molecule has 10 aromatic rings. The van der Waals surface area contributed by atoms with Crippen LogP contribution < -0.4 is 30.0 Å². The summed E-state index contributed by atoms with van der Waals surface area (Å²) in [5.74, 6) is 3.81. The van der Waals surface area contributed by atoms with Crippen molar-refractivity contribution in [3.63, 3.8) is 0 Å². The van der Waals surface area contributed by atoms with Crippen LogP contribution in [-0.4, -0.2) is 53.3 Å². The molecule has 6 aromatic carbocycles. The third kappa shape index (κ3) is 13.6. The Morgan fingerprint density at radius 3 is 1.27 bits per heavy atom. The van der Waals surface area contributed by atoms with Crippen molar-refractivity contribution in [2.45, 2.75) is 78.4 Å². The van der Waals surface area contributed by atoms with E-state index in [0.29, 0.717) is 96.5 Å². The van der Waals surface area contributed by atoms with Crippen LogP contribution in [0.1, 0.15) is 72.7 Å². The summed E-state index contributed by atoms with van der Waals surface area (Å²) in [4.78, 5) is 37.0. The lowest BCUT2D eigenvalue weighted by Crippen LogP contribution is -2.23. The second kappa shape index (κ2) is 24.8. The Bertz CT molecular complexity index is 3400. The van der Waals surface area contributed by atoms with Gasteiger partial charge in [0.1, 0.15) is 47.9 Å². The van der Waals surface area contributed by atoms with Crippen molar-refractivity contribution in [2.24, 2.45) is 0 Å². The Morgan fingerprint density at radius 2 is 0.857 bits per heavy atom. The summed E-state index contributed by atoms with van der Waals surface area (Å²) in [6, 6.07) is 51.6. The van der Waals surface area contributed by atoms with Crippen molar-refractivity contribution >= 4 is 34.7 Å². The number of nitrogens with one attached hydrogen (secondary N) is 3. The summed E-state index contributed by atoms with van der Waals surface area (Å²) in [6.07, 6.45) is 3.16. The fourth-order valence-corrected chi connectivity index (χ4v) is 8.29. The van der Waals surface area contributed by atoms with Crippen LogP contribution in [0.15, 0.2) is 175 Å². The fraction of sp³-hybridized carbons (Fsp3) is 0.233. The zero-order chi connectivity index (χ0) is 53.1. The number of fused-ring (bicyclic) bond motifs is 2. The summed E-state index contributed by atoms with van der Waals surface area (Å²) in [7, 11) is 3.25. The smallest absolute Gasteiger partial charge is 0.298 e. The first-order valence-corrected chi connectivity index (χ1v) is 24.8. The van der Waals surface area contributed by atoms with Gasteiger partial charge in [-0.3, -0.25) is 10.2 Å². The Balaban J connectivity index is 0.000000201. The van der Waals surface area contributed by atoms with Crippen LogP contribution in [0.4, 0.5) is 0 Å². The van der Waals surface area contributed by atoms with Gasteiger partial charge in [0.2, 0.25) is 0 Å². The van der Waals surface area contributed by atoms with E-state index >= 15 is 0 Å². The summed E-state index contributed by atoms with van der Waals surface area (Å²) >= 11 is 0. The van der Waals surface area contributed by atoms with Gasteiger partial charge in [-0.1, -0.05) is 133 Å². The second-order valence-corrected chi connectivity index (χ2v) is 19.1. The molecular formula is C60H62ClN9O7. The van der Waals surface area contributed by atoms with Crippen LogP contribution in [0.2, 0.25) is 0 Å². The van der Waals surface area contributed by atoms with E-state index in [1.807, 2.05) is 195 Å². The Hall–Kier alpha value is -8.57. The number of aromatic nitrogens is 8. The maximum atomic E-state index is 12.6. The molecule has 3 N–H and O–H groups in total. The van der Waals surface area contributed by atoms with Crippen molar-refractivity contribution in [1.29, 1.82) is 5.41 Å². The van der Waals surface area contributed by atoms with Gasteiger partial charge in [-0.15, -0.1) is 12.4 Å². The SMILES string of the molecule is COc1ccc(Cn2cnc(=N)c3[nH]c(C(C)(C)OCc4ccccc4)nc32)cc1OCc1ccccc1.COc1ccc(Cn2cnc(=O)c3[nH]c(C(C)(C)OCc4ccccc4)nc32)cc1OCc1ccccc1.Cl. The highest BCUT2D eigenvalue weighted by Gasteiger charge is 2.28. The number of imidazole rings is 2. The van der Waals surface area contributed by atoms with Gasteiger partial charge in [-0.2, -0.15) is 4.98 Å². The average Bonchev–Trinajstić information content (AvgIpc) is 4.14. The number of hydrogen-bond acceptors (Lipinski definition) is 12. The minimum absolute atomic E-state index is 0. The third-order valence-electron chi connectivity index (χ3n) is 12.7. The molecule has 0 bridgehead atoms. The molecule has 17 heteroatoms. The number of rotatable bonds is 20. The first-order valence-electron chi connectivity index (χ1n) is 24.8. The lowest BCUT2D eigenvalue weighted by atomic mass is 10.1. The van der Waals surface area contributed by atoms with Gasteiger partial charge in [0, 0.05) is 0 Å². The molecule has 0 aliphatic heterocycles. The number of aromatic amines is 2. The molecule has 0 aliphatic rings. The number of methoxy groups -OCH3 is 2. The second-order valence-electron chi connectivity index (χ2n) is 19.1. The van der Waals surface area contributed by atoms with E-state index in [9.17, 15) is 4.79 Å². The minimum Gasteiger partial charge on any atom is -0.493 e. The number of benzene rings is 6. The minimum atomic E-state index is -0.752. The van der Waals surface area contributed by atoms with E-state index in [2.05, 4.69) is 19.9 Å². The van der Waals surface area contributed by atoms with Crippen molar-refractivity contribution in [3.05, 3.63) is 231 Å². The van der Waals surface area contributed by atoms with Gasteiger partial charge in [-0.25, -0.2) is 15.0 Å². The van der Waals surface area contributed by atoms with E-state index in [1.165, 1.54) is 6.33 Å². The summed E-state index contributed by atoms with van der Waals surface area (Å²) in [5.41, 5.74) is 6.59. The lowest BCUT2D eigenvalue weighted by Gasteiger charge is -2.23. The normalized spacial score (nSPS) is 11.4. The highest BCUT2D eigenvalue weighted by atomic mass is 35.5. The van der Waals surface area contributed by atoms with Crippen LogP contribution in [0, 0.1) is 5.41 Å². The van der Waals surface area contributed by atoms with Crippen molar-refractivity contribution < 1.29 is 28.4 Å². The lowest BCUT2D eigenvalue weighted by molar-refractivity contribution is -0.0394. The maximum absolute atomic E-state index is 12.6. The van der Waals surface area contributed by atoms with E-state index in [-0.39, 0.29) is 23.5 Å². The largest absolute Gasteiger partial charge is 0.493 e. The summed E-state index contributed by atoms with van der Waals surface area (Å²) < 4.78 is 39.3. The Kier molecular flexibility index (Phi) is 17.6. The predicted octanol–water partition coefficient (Wildman–Crippen LogP) is 11.0. The molecule has 77 heavy (non-hydrogen) atoms. The van der Waals surface area contributed by atoms with Gasteiger partial charge in [-0.05, 0) is 85.3 Å². The van der Waals surface area contributed by atoms with Crippen LogP contribution in [0.5, 0.6) is 23.0 Å². The van der Waals surface area contributed by atoms with Crippen LogP contribution in [0.3, 0.4) is 0 Å². The molecule has 0 unspecified atom stereocenters. The molecule has 0 atom stereocenters. The zero-order valence-electron chi connectivity index (χ0n) is 43.9. The maximum Gasteiger partial charge on any atom is 0.298 e. The first kappa shape index (κ1) is 54.7. The van der Waals surface area contributed by atoms with E-state index in [4.69, 9.17) is 43.8 Å². The number of nitrogens with zero attached hydrogens (tertiary/aromatic N) is 6. The van der Waals surface area contributed by atoms with Gasteiger partial charge in [0.15, 0.2) is 45.3 Å². The van der Waals surface area contributed by atoms with Crippen LogP contribution in [-0.2, 0) is 60.2 Å². The monoisotopic (exact) mass is 1060 g/mol. The summed E-state index contributed by atoms with van der Waals surface area (Å²) in [6.45, 7) is 10.4. The molecule has 0 radical (unpaired) electrons. The third-order valence-corrected chi connectivity index (χ3v) is 12.7. The first-order chi connectivity index (χ1) is 36.8. The molecule has 0 spiro atoms. The molecular weight excluding hydrogens is 994 g/mol. The molecule has 0 aliphatic carbocycles. The molecule has 0 saturated carbocycles. The molecule has 4 heterocycles. The average molecular weight is 1060 g/mol. The van der Waals surface area contributed by atoms with Crippen LogP contribution >= 0.6 is 12.4 Å².